The highest BCUT2D eigenvalue weighted by Gasteiger charge is 2.45. The lowest BCUT2D eigenvalue weighted by molar-refractivity contribution is -0.274. The number of nitrogens with zero attached hydrogens (tertiary/aromatic N) is 2. The number of benzene rings is 2. The van der Waals surface area contributed by atoms with Crippen LogP contribution >= 0.6 is 11.6 Å². The fraction of sp³-hybridized carbons (Fsp3) is 0.393. The topological polar surface area (TPSA) is 129 Å². The molecule has 3 heterocycles. The maximum Gasteiger partial charge on any atom is 0.405 e. The Morgan fingerprint density at radius 3 is 2.56 bits per heavy atom. The molecule has 0 aliphatic carbocycles. The van der Waals surface area contributed by atoms with Crippen molar-refractivity contribution in [2.75, 3.05) is 19.8 Å². The van der Waals surface area contributed by atoms with Crippen molar-refractivity contribution in [1.29, 1.82) is 0 Å². The maximum atomic E-state index is 11.6. The summed E-state index contributed by atoms with van der Waals surface area (Å²) in [6.45, 7) is 8.51. The van der Waals surface area contributed by atoms with E-state index in [0.717, 1.165) is 11.8 Å². The molecule has 4 aromatic rings. The second kappa shape index (κ2) is 10.5. The number of halogens is 1. The van der Waals surface area contributed by atoms with Gasteiger partial charge in [-0.1, -0.05) is 30.6 Å². The molecule has 5 rings (SSSR count). The summed E-state index contributed by atoms with van der Waals surface area (Å²) in [6.07, 6.45) is -0.276. The van der Waals surface area contributed by atoms with Gasteiger partial charge >= 0.3 is 6.09 Å². The molecule has 2 aromatic heterocycles. The number of hydrogen-bond acceptors (Lipinski definition) is 8. The Balaban J connectivity index is 1.38. The number of carboxylic acid groups (broad SMARTS) is 1. The molecule has 10 nitrogen and oxygen atoms in total. The molecule has 0 unspecified atom stereocenters. The molecule has 0 bridgehead atoms. The Kier molecular flexibility index (Phi) is 7.28. The van der Waals surface area contributed by atoms with Gasteiger partial charge in [0.2, 0.25) is 5.82 Å². The van der Waals surface area contributed by atoms with Crippen LogP contribution < -0.4 is 10.1 Å². The van der Waals surface area contributed by atoms with Crippen LogP contribution in [0.4, 0.5) is 4.79 Å². The van der Waals surface area contributed by atoms with Crippen molar-refractivity contribution >= 4 is 28.7 Å². The van der Waals surface area contributed by atoms with Gasteiger partial charge in [0.1, 0.15) is 22.6 Å². The molecule has 0 saturated carbocycles. The number of amides is 1. The van der Waals surface area contributed by atoms with Crippen LogP contribution in [0.25, 0.3) is 33.8 Å². The first-order chi connectivity index (χ1) is 18.5. The zero-order valence-corrected chi connectivity index (χ0v) is 22.9. The van der Waals surface area contributed by atoms with Crippen LogP contribution in [-0.4, -0.2) is 46.9 Å². The Morgan fingerprint density at radius 1 is 1.13 bits per heavy atom. The van der Waals surface area contributed by atoms with Crippen LogP contribution in [-0.2, 0) is 15.0 Å². The average Bonchev–Trinajstić information content (AvgIpc) is 3.53. The zero-order valence-electron chi connectivity index (χ0n) is 22.1. The van der Waals surface area contributed by atoms with Crippen molar-refractivity contribution in [3.05, 3.63) is 53.2 Å². The number of nitrogens with one attached hydrogen (secondary N) is 1. The van der Waals surface area contributed by atoms with Crippen molar-refractivity contribution in [1.82, 2.24) is 15.5 Å². The van der Waals surface area contributed by atoms with E-state index in [0.29, 0.717) is 57.5 Å². The summed E-state index contributed by atoms with van der Waals surface area (Å²) < 4.78 is 28.8. The molecule has 206 valence electrons. The summed E-state index contributed by atoms with van der Waals surface area (Å²) in [4.78, 5) is 16.1. The molecule has 2 aromatic carbocycles. The fourth-order valence-electron chi connectivity index (χ4n) is 4.19. The van der Waals surface area contributed by atoms with Gasteiger partial charge in [-0.3, -0.25) is 0 Å². The number of hydrogen-bond donors (Lipinski definition) is 2. The van der Waals surface area contributed by atoms with E-state index < -0.39 is 17.4 Å². The van der Waals surface area contributed by atoms with Gasteiger partial charge in [0.25, 0.3) is 5.89 Å². The lowest BCUT2D eigenvalue weighted by Gasteiger charge is -2.41. The lowest BCUT2D eigenvalue weighted by atomic mass is 9.96. The minimum Gasteiger partial charge on any atom is -0.492 e. The van der Waals surface area contributed by atoms with Crippen molar-refractivity contribution < 1.29 is 33.1 Å². The Morgan fingerprint density at radius 2 is 1.87 bits per heavy atom. The third-order valence-corrected chi connectivity index (χ3v) is 6.78. The molecule has 0 radical (unpaired) electrons. The first kappa shape index (κ1) is 27.0. The number of rotatable bonds is 8. The van der Waals surface area contributed by atoms with Crippen LogP contribution in [0.5, 0.6) is 5.75 Å². The van der Waals surface area contributed by atoms with E-state index in [9.17, 15) is 9.90 Å². The van der Waals surface area contributed by atoms with Gasteiger partial charge in [-0.05, 0) is 68.7 Å². The van der Waals surface area contributed by atoms with E-state index in [4.69, 9.17) is 34.8 Å². The summed E-state index contributed by atoms with van der Waals surface area (Å²) in [5.41, 5.74) is 0.739. The molecule has 1 saturated heterocycles. The molecule has 1 aliphatic heterocycles. The zero-order chi connectivity index (χ0) is 27.8. The van der Waals surface area contributed by atoms with Gasteiger partial charge in [0.15, 0.2) is 5.79 Å². The quantitative estimate of drug-likeness (QED) is 0.251. The molecule has 0 spiro atoms. The molecule has 39 heavy (non-hydrogen) atoms. The standard InChI is InChI=1S/C28H30ClN3O7/c1-16(2)9-10-35-22-8-6-18(12-20(22)29)25-30-24(32-39-25)17-5-7-21-19(11-17)13-23(38-21)28(31-26(33)34)14-36-27(3,4)37-15-28/h5-8,11-13,16,31H,9-10,14-15H2,1-4H3,(H,33,34). The highest BCUT2D eigenvalue weighted by molar-refractivity contribution is 6.32. The van der Waals surface area contributed by atoms with Crippen LogP contribution in [0, 0.1) is 5.92 Å². The largest absolute Gasteiger partial charge is 0.492 e. The molecular weight excluding hydrogens is 526 g/mol. The monoisotopic (exact) mass is 555 g/mol. The highest BCUT2D eigenvalue weighted by atomic mass is 35.5. The number of fused-ring (bicyclic) bond motifs is 1. The maximum absolute atomic E-state index is 11.6. The van der Waals surface area contributed by atoms with Gasteiger partial charge in [-0.25, -0.2) is 4.79 Å². The normalized spacial score (nSPS) is 16.5. The number of carbonyl (C=O) groups is 1. The average molecular weight is 556 g/mol. The van der Waals surface area contributed by atoms with Crippen LogP contribution in [0.15, 0.2) is 51.4 Å². The first-order valence-corrected chi connectivity index (χ1v) is 13.0. The summed E-state index contributed by atoms with van der Waals surface area (Å²) in [5.74, 6) is 1.40. The van der Waals surface area contributed by atoms with Gasteiger partial charge in [-0.15, -0.1) is 0 Å². The van der Waals surface area contributed by atoms with Crippen LogP contribution in [0.3, 0.4) is 0 Å². The van der Waals surface area contributed by atoms with E-state index in [1.54, 1.807) is 44.2 Å². The third kappa shape index (κ3) is 5.88. The molecular formula is C28H30ClN3O7. The minimum atomic E-state index is -1.21. The first-order valence-electron chi connectivity index (χ1n) is 12.6. The smallest absolute Gasteiger partial charge is 0.405 e. The predicted octanol–water partition coefficient (Wildman–Crippen LogP) is 6.47. The van der Waals surface area contributed by atoms with Crippen molar-refractivity contribution in [3.8, 4) is 28.6 Å². The summed E-state index contributed by atoms with van der Waals surface area (Å²) in [7, 11) is 0. The summed E-state index contributed by atoms with van der Waals surface area (Å²) in [6, 6.07) is 12.5. The van der Waals surface area contributed by atoms with E-state index in [1.807, 2.05) is 12.1 Å². The summed E-state index contributed by atoms with van der Waals surface area (Å²) in [5, 5.41) is 17.3. The number of aromatic nitrogens is 2. The van der Waals surface area contributed by atoms with Crippen LogP contribution in [0.1, 0.15) is 39.9 Å². The SMILES string of the molecule is CC(C)CCOc1ccc(-c2nc(-c3ccc4oc(C5(NC(=O)O)COC(C)(C)OC5)cc4c3)no2)cc1Cl. The van der Waals surface area contributed by atoms with E-state index in [-0.39, 0.29) is 13.2 Å². The lowest BCUT2D eigenvalue weighted by Crippen LogP contribution is -2.58. The Hall–Kier alpha value is -3.60. The Bertz CT molecular complexity index is 1480. The molecule has 2 N–H and O–H groups in total. The molecule has 1 aliphatic rings. The van der Waals surface area contributed by atoms with Gasteiger partial charge in [0, 0.05) is 16.5 Å². The van der Waals surface area contributed by atoms with Gasteiger partial charge in [0.05, 0.1) is 24.8 Å². The van der Waals surface area contributed by atoms with Gasteiger partial charge < -0.3 is 33.6 Å². The molecule has 1 amide bonds. The molecule has 11 heteroatoms. The van der Waals surface area contributed by atoms with E-state index in [2.05, 4.69) is 29.3 Å². The fourth-order valence-corrected chi connectivity index (χ4v) is 4.42. The van der Waals surface area contributed by atoms with Crippen molar-refractivity contribution in [2.24, 2.45) is 5.92 Å². The Labute approximate surface area is 230 Å². The third-order valence-electron chi connectivity index (χ3n) is 6.48. The highest BCUT2D eigenvalue weighted by Crippen LogP contribution is 2.36. The van der Waals surface area contributed by atoms with Crippen LogP contribution in [0.2, 0.25) is 5.02 Å². The van der Waals surface area contributed by atoms with Crippen molar-refractivity contribution in [3.63, 3.8) is 0 Å². The second-order valence-corrected chi connectivity index (χ2v) is 10.9. The number of furan rings is 1. The van der Waals surface area contributed by atoms with Crippen molar-refractivity contribution in [2.45, 2.75) is 45.4 Å². The minimum absolute atomic E-state index is 0.0529. The van der Waals surface area contributed by atoms with E-state index in [1.165, 1.54) is 0 Å². The molecule has 1 fully saturated rings. The predicted molar refractivity (Wildman–Crippen MR) is 144 cm³/mol. The second-order valence-electron chi connectivity index (χ2n) is 10.5. The number of ether oxygens (including phenoxy) is 3. The van der Waals surface area contributed by atoms with E-state index >= 15 is 0 Å². The van der Waals surface area contributed by atoms with Gasteiger partial charge in [-0.2, -0.15) is 4.98 Å². The molecule has 0 atom stereocenters. The summed E-state index contributed by atoms with van der Waals surface area (Å²) >= 11 is 6.42.